The molecule has 0 fully saturated rings. The van der Waals surface area contributed by atoms with Gasteiger partial charge < -0.3 is 10.2 Å². The number of amides is 2. The molecule has 0 radical (unpaired) electrons. The lowest BCUT2D eigenvalue weighted by Gasteiger charge is -2.32. The van der Waals surface area contributed by atoms with E-state index in [0.29, 0.717) is 12.2 Å². The summed E-state index contributed by atoms with van der Waals surface area (Å²) in [4.78, 5) is 29.6. The van der Waals surface area contributed by atoms with Gasteiger partial charge in [0.1, 0.15) is 12.6 Å². The van der Waals surface area contributed by atoms with E-state index in [1.807, 2.05) is 70.3 Å². The molecule has 0 bridgehead atoms. The summed E-state index contributed by atoms with van der Waals surface area (Å²) >= 11 is 1.52. The van der Waals surface area contributed by atoms with Crippen molar-refractivity contribution in [3.8, 4) is 0 Å². The molecule has 0 saturated heterocycles. The Balaban J connectivity index is 2.02. The number of nitrogens with one attached hydrogen (secondary N) is 1. The number of carbonyl (C=O) groups excluding carboxylic acids is 2. The molecule has 3 aromatic carbocycles. The van der Waals surface area contributed by atoms with Gasteiger partial charge >= 0.3 is 0 Å². The highest BCUT2D eigenvalue weighted by atomic mass is 32.2. The lowest BCUT2D eigenvalue weighted by molar-refractivity contribution is -0.139. The second-order valence-corrected chi connectivity index (χ2v) is 13.0. The maximum Gasteiger partial charge on any atom is 0.264 e. The first-order valence-corrected chi connectivity index (χ1v) is 16.0. The van der Waals surface area contributed by atoms with E-state index in [4.69, 9.17) is 0 Å². The maximum absolute atomic E-state index is 14.0. The van der Waals surface area contributed by atoms with Gasteiger partial charge in [-0.3, -0.25) is 13.9 Å². The maximum atomic E-state index is 14.0. The highest BCUT2D eigenvalue weighted by Gasteiger charge is 2.32. The summed E-state index contributed by atoms with van der Waals surface area (Å²) in [6, 6.07) is 20.5. The molecule has 3 rings (SSSR count). The Bertz CT molecular complexity index is 1410. The van der Waals surface area contributed by atoms with Crippen LogP contribution < -0.4 is 9.62 Å². The van der Waals surface area contributed by atoms with E-state index in [-0.39, 0.29) is 23.3 Å². The van der Waals surface area contributed by atoms with Crippen LogP contribution in [0.4, 0.5) is 5.69 Å². The monoisotopic (exact) mass is 581 g/mol. The molecule has 9 heteroatoms. The van der Waals surface area contributed by atoms with Crippen LogP contribution in [-0.2, 0) is 26.2 Å². The van der Waals surface area contributed by atoms with Crippen LogP contribution in [0.2, 0.25) is 0 Å². The Morgan fingerprint density at radius 3 is 2.10 bits per heavy atom. The van der Waals surface area contributed by atoms with E-state index in [1.165, 1.54) is 16.7 Å². The zero-order valence-electron chi connectivity index (χ0n) is 24.0. The topological polar surface area (TPSA) is 86.8 Å². The van der Waals surface area contributed by atoms with Crippen LogP contribution in [0.1, 0.15) is 37.5 Å². The molecule has 214 valence electrons. The van der Waals surface area contributed by atoms with Gasteiger partial charge in [0.25, 0.3) is 10.0 Å². The van der Waals surface area contributed by atoms with Crippen LogP contribution in [0, 0.1) is 19.8 Å². The van der Waals surface area contributed by atoms with Gasteiger partial charge in [0.05, 0.1) is 10.6 Å². The van der Waals surface area contributed by atoms with Crippen molar-refractivity contribution >= 4 is 39.3 Å². The molecule has 40 heavy (non-hydrogen) atoms. The van der Waals surface area contributed by atoms with Gasteiger partial charge in [-0.2, -0.15) is 0 Å². The fourth-order valence-electron chi connectivity index (χ4n) is 4.12. The summed E-state index contributed by atoms with van der Waals surface area (Å²) < 4.78 is 29.0. The standard InChI is InChI=1S/C31H39N3O4S2/c1-22(2)19-32-31(36)25(5)33(20-26-10-8-7-9-24(26)4)30(35)21-34(27-13-11-23(3)12-14-27)40(37,38)29-17-15-28(39-6)16-18-29/h7-18,22,25H,19-21H2,1-6H3,(H,32,36). The van der Waals surface area contributed by atoms with Crippen molar-refractivity contribution in [3.63, 3.8) is 0 Å². The Hall–Kier alpha value is -3.30. The van der Waals surface area contributed by atoms with Crippen molar-refractivity contribution in [2.75, 3.05) is 23.7 Å². The van der Waals surface area contributed by atoms with E-state index < -0.39 is 28.5 Å². The minimum Gasteiger partial charge on any atom is -0.354 e. The minimum atomic E-state index is -4.09. The molecule has 1 unspecified atom stereocenters. The number of thioether (sulfide) groups is 1. The predicted molar refractivity (Wildman–Crippen MR) is 163 cm³/mol. The van der Waals surface area contributed by atoms with Crippen LogP contribution in [0.5, 0.6) is 0 Å². The molecule has 3 aromatic rings. The van der Waals surface area contributed by atoms with Crippen molar-refractivity contribution in [3.05, 3.63) is 89.5 Å². The van der Waals surface area contributed by atoms with E-state index in [2.05, 4.69) is 5.32 Å². The van der Waals surface area contributed by atoms with Gasteiger partial charge in [0.15, 0.2) is 0 Å². The number of rotatable bonds is 12. The Morgan fingerprint density at radius 2 is 1.52 bits per heavy atom. The van der Waals surface area contributed by atoms with Crippen molar-refractivity contribution in [2.24, 2.45) is 5.92 Å². The summed E-state index contributed by atoms with van der Waals surface area (Å²) in [6.45, 7) is 9.73. The molecule has 2 amide bonds. The lowest BCUT2D eigenvalue weighted by atomic mass is 10.1. The molecule has 0 aromatic heterocycles. The molecular formula is C31H39N3O4S2. The highest BCUT2D eigenvalue weighted by Crippen LogP contribution is 2.26. The summed E-state index contributed by atoms with van der Waals surface area (Å²) in [7, 11) is -4.09. The molecule has 0 heterocycles. The normalized spacial score (nSPS) is 12.2. The number of aryl methyl sites for hydroxylation is 2. The average Bonchev–Trinajstić information content (AvgIpc) is 2.94. The molecular weight excluding hydrogens is 542 g/mol. The quantitative estimate of drug-likeness (QED) is 0.289. The van der Waals surface area contributed by atoms with E-state index >= 15 is 0 Å². The Morgan fingerprint density at radius 1 is 0.900 bits per heavy atom. The summed E-state index contributed by atoms with van der Waals surface area (Å²) in [6.07, 6.45) is 1.92. The van der Waals surface area contributed by atoms with Crippen molar-refractivity contribution in [2.45, 2.75) is 57.0 Å². The van der Waals surface area contributed by atoms with Crippen LogP contribution in [0.25, 0.3) is 0 Å². The van der Waals surface area contributed by atoms with Gasteiger partial charge in [-0.1, -0.05) is 55.8 Å². The van der Waals surface area contributed by atoms with Gasteiger partial charge in [-0.05, 0) is 80.5 Å². The van der Waals surface area contributed by atoms with Gasteiger partial charge in [0, 0.05) is 18.0 Å². The van der Waals surface area contributed by atoms with Crippen LogP contribution in [0.15, 0.2) is 82.6 Å². The Kier molecular flexibility index (Phi) is 10.8. The molecule has 1 atom stereocenters. The first-order valence-electron chi connectivity index (χ1n) is 13.3. The first-order chi connectivity index (χ1) is 18.9. The van der Waals surface area contributed by atoms with Gasteiger partial charge in [-0.25, -0.2) is 8.42 Å². The fourth-order valence-corrected chi connectivity index (χ4v) is 5.94. The SMILES string of the molecule is CSc1ccc(S(=O)(=O)N(CC(=O)N(Cc2ccccc2C)C(C)C(=O)NCC(C)C)c2ccc(C)cc2)cc1. The second kappa shape index (κ2) is 13.9. The molecule has 0 aliphatic heterocycles. The number of carbonyl (C=O) groups is 2. The number of anilines is 1. The third kappa shape index (κ3) is 7.88. The molecule has 7 nitrogen and oxygen atoms in total. The smallest absolute Gasteiger partial charge is 0.264 e. The third-order valence-corrected chi connectivity index (χ3v) is 9.23. The number of hydrogen-bond donors (Lipinski definition) is 1. The zero-order chi connectivity index (χ0) is 29.4. The van der Waals surface area contributed by atoms with Crippen LogP contribution in [0.3, 0.4) is 0 Å². The number of benzene rings is 3. The highest BCUT2D eigenvalue weighted by molar-refractivity contribution is 7.98. The van der Waals surface area contributed by atoms with Crippen LogP contribution >= 0.6 is 11.8 Å². The van der Waals surface area contributed by atoms with Crippen molar-refractivity contribution in [1.82, 2.24) is 10.2 Å². The molecule has 0 aliphatic carbocycles. The van der Waals surface area contributed by atoms with E-state index in [1.54, 1.807) is 43.3 Å². The Labute approximate surface area is 243 Å². The first kappa shape index (κ1) is 31.2. The van der Waals surface area contributed by atoms with E-state index in [0.717, 1.165) is 25.9 Å². The van der Waals surface area contributed by atoms with Gasteiger partial charge in [-0.15, -0.1) is 11.8 Å². The molecule has 0 aliphatic rings. The number of sulfonamides is 1. The predicted octanol–water partition coefficient (Wildman–Crippen LogP) is 5.41. The van der Waals surface area contributed by atoms with Crippen molar-refractivity contribution < 1.29 is 18.0 Å². The molecule has 0 spiro atoms. The lowest BCUT2D eigenvalue weighted by Crippen LogP contribution is -2.51. The zero-order valence-corrected chi connectivity index (χ0v) is 25.7. The third-order valence-electron chi connectivity index (χ3n) is 6.70. The van der Waals surface area contributed by atoms with Crippen LogP contribution in [-0.4, -0.2) is 50.5 Å². The molecule has 1 N–H and O–H groups in total. The summed E-state index contributed by atoms with van der Waals surface area (Å²) in [5.41, 5.74) is 3.21. The second-order valence-electron chi connectivity index (χ2n) is 10.3. The number of hydrogen-bond acceptors (Lipinski definition) is 5. The minimum absolute atomic E-state index is 0.0897. The fraction of sp³-hybridized carbons (Fsp3) is 0.355. The van der Waals surface area contributed by atoms with Gasteiger partial charge in [0.2, 0.25) is 11.8 Å². The summed E-state index contributed by atoms with van der Waals surface area (Å²) in [5, 5.41) is 2.91. The average molecular weight is 582 g/mol. The molecule has 0 saturated carbocycles. The van der Waals surface area contributed by atoms with E-state index in [9.17, 15) is 18.0 Å². The number of nitrogens with zero attached hydrogens (tertiary/aromatic N) is 2. The summed E-state index contributed by atoms with van der Waals surface area (Å²) in [5.74, 6) is -0.510. The van der Waals surface area contributed by atoms with Crippen molar-refractivity contribution in [1.29, 1.82) is 0 Å². The largest absolute Gasteiger partial charge is 0.354 e.